The maximum atomic E-state index is 14.0. The third-order valence-electron chi connectivity index (χ3n) is 7.00. The van der Waals surface area contributed by atoms with E-state index in [1.165, 1.54) is 6.07 Å². The number of anilines is 2. The van der Waals surface area contributed by atoms with Gasteiger partial charge in [0.1, 0.15) is 23.5 Å². The fourth-order valence-corrected chi connectivity index (χ4v) is 4.91. The highest BCUT2D eigenvalue weighted by Gasteiger charge is 2.37. The lowest BCUT2D eigenvalue weighted by Crippen LogP contribution is -2.54. The van der Waals surface area contributed by atoms with E-state index in [-0.39, 0.29) is 29.6 Å². The number of hydrogen-bond donors (Lipinski definition) is 2. The first kappa shape index (κ1) is 25.0. The number of aryl methyl sites for hydroxylation is 1. The summed E-state index contributed by atoms with van der Waals surface area (Å²) in [6.07, 6.45) is 2.47. The van der Waals surface area contributed by atoms with Crippen LogP contribution in [0.1, 0.15) is 56.7 Å². The highest BCUT2D eigenvalue weighted by molar-refractivity contribution is 5.90. The zero-order valence-corrected chi connectivity index (χ0v) is 21.1. The zero-order chi connectivity index (χ0) is 25.3. The Morgan fingerprint density at radius 1 is 1.14 bits per heavy atom. The highest BCUT2D eigenvalue weighted by Crippen LogP contribution is 2.37. The molecule has 0 spiro atoms. The minimum atomic E-state index is -0.616. The molecule has 8 nitrogen and oxygen atoms in total. The third-order valence-corrected chi connectivity index (χ3v) is 7.00. The fraction of sp³-hybridized carbons (Fsp3) is 0.538. The molecule has 2 aliphatic rings. The third kappa shape index (κ3) is 5.15. The number of halogens is 1. The van der Waals surface area contributed by atoms with Gasteiger partial charge in [-0.1, -0.05) is 19.9 Å². The minimum absolute atomic E-state index is 0.0598. The Labute approximate surface area is 206 Å². The smallest absolute Gasteiger partial charge is 0.245 e. The monoisotopic (exact) mass is 482 g/mol. The normalized spacial score (nSPS) is 19.1. The number of likely N-dealkylation sites (N-methyl/N-ethyl adjacent to an activating group) is 1. The largest absolute Gasteiger partial charge is 0.343 e. The lowest BCUT2D eigenvalue weighted by atomic mass is 10.0. The van der Waals surface area contributed by atoms with Crippen LogP contribution in [0.25, 0.3) is 0 Å². The van der Waals surface area contributed by atoms with Crippen LogP contribution in [0.2, 0.25) is 0 Å². The Balaban J connectivity index is 1.60. The van der Waals surface area contributed by atoms with Gasteiger partial charge in [-0.3, -0.25) is 9.59 Å². The summed E-state index contributed by atoms with van der Waals surface area (Å²) in [5.74, 6) is 0.700. The Hall–Kier alpha value is -3.07. The molecular formula is C26H35FN6O2. The summed E-state index contributed by atoms with van der Waals surface area (Å²) >= 11 is 0. The number of nitrogens with zero attached hydrogens (tertiary/aromatic N) is 4. The maximum Gasteiger partial charge on any atom is 0.245 e. The summed E-state index contributed by atoms with van der Waals surface area (Å²) < 4.78 is 14.0. The molecule has 0 aliphatic carbocycles. The fourth-order valence-electron chi connectivity index (χ4n) is 4.91. The number of carbonyl (C=O) groups excluding carboxylic acids is 2. The summed E-state index contributed by atoms with van der Waals surface area (Å²) in [6.45, 7) is 8.81. The topological polar surface area (TPSA) is 90.5 Å². The molecule has 188 valence electrons. The number of nitrogens with one attached hydrogen (secondary N) is 2. The summed E-state index contributed by atoms with van der Waals surface area (Å²) in [7, 11) is 1.72. The van der Waals surface area contributed by atoms with Crippen LogP contribution in [-0.4, -0.2) is 58.9 Å². The number of benzene rings is 1. The molecule has 2 unspecified atom stereocenters. The van der Waals surface area contributed by atoms with Crippen molar-refractivity contribution in [3.05, 3.63) is 47.2 Å². The lowest BCUT2D eigenvalue weighted by molar-refractivity contribution is -0.139. The SMILES string of the molecule is CNC(C)C(=O)N[C@H](C(=O)N1CCCC1c1cc(N2CCc3ccc(F)cc32)nc(C)n1)C(C)C. The lowest BCUT2D eigenvalue weighted by Gasteiger charge is -2.32. The van der Waals surface area contributed by atoms with E-state index >= 15 is 0 Å². The molecule has 1 fully saturated rings. The van der Waals surface area contributed by atoms with Gasteiger partial charge in [0.2, 0.25) is 11.8 Å². The van der Waals surface area contributed by atoms with Crippen LogP contribution in [0.5, 0.6) is 0 Å². The maximum absolute atomic E-state index is 14.0. The molecule has 1 saturated heterocycles. The molecule has 0 saturated carbocycles. The van der Waals surface area contributed by atoms with E-state index in [4.69, 9.17) is 4.98 Å². The van der Waals surface area contributed by atoms with E-state index in [2.05, 4.69) is 15.6 Å². The molecule has 35 heavy (non-hydrogen) atoms. The van der Waals surface area contributed by atoms with Crippen molar-refractivity contribution >= 4 is 23.3 Å². The Morgan fingerprint density at radius 3 is 2.63 bits per heavy atom. The predicted octanol–water partition coefficient (Wildman–Crippen LogP) is 3.03. The van der Waals surface area contributed by atoms with Crippen LogP contribution in [-0.2, 0) is 16.0 Å². The summed E-state index contributed by atoms with van der Waals surface area (Å²) in [5, 5.41) is 5.85. The Morgan fingerprint density at radius 2 is 1.91 bits per heavy atom. The first-order valence-corrected chi connectivity index (χ1v) is 12.4. The van der Waals surface area contributed by atoms with Crippen LogP contribution in [0.3, 0.4) is 0 Å². The van der Waals surface area contributed by atoms with Gasteiger partial charge in [0, 0.05) is 24.8 Å². The van der Waals surface area contributed by atoms with Crippen molar-refractivity contribution in [1.82, 2.24) is 25.5 Å². The van der Waals surface area contributed by atoms with Crippen molar-refractivity contribution in [2.75, 3.05) is 25.0 Å². The molecule has 4 rings (SSSR count). The number of likely N-dealkylation sites (tertiary alicyclic amines) is 1. The molecule has 2 aromatic rings. The molecule has 2 amide bonds. The van der Waals surface area contributed by atoms with Gasteiger partial charge in [0.25, 0.3) is 0 Å². The second-order valence-electron chi connectivity index (χ2n) is 9.80. The molecular weight excluding hydrogens is 447 g/mol. The first-order valence-electron chi connectivity index (χ1n) is 12.4. The van der Waals surface area contributed by atoms with Crippen molar-refractivity contribution in [3.63, 3.8) is 0 Å². The molecule has 1 aromatic carbocycles. The minimum Gasteiger partial charge on any atom is -0.343 e. The van der Waals surface area contributed by atoms with Crippen molar-refractivity contribution in [2.24, 2.45) is 5.92 Å². The van der Waals surface area contributed by atoms with Gasteiger partial charge in [0.05, 0.1) is 17.8 Å². The Kier molecular flexibility index (Phi) is 7.35. The van der Waals surface area contributed by atoms with E-state index in [0.29, 0.717) is 24.7 Å². The van der Waals surface area contributed by atoms with Crippen molar-refractivity contribution < 1.29 is 14.0 Å². The summed E-state index contributed by atoms with van der Waals surface area (Å²) in [5.41, 5.74) is 2.70. The van der Waals surface area contributed by atoms with E-state index < -0.39 is 12.1 Å². The molecule has 0 bridgehead atoms. The van der Waals surface area contributed by atoms with Crippen molar-refractivity contribution in [2.45, 2.75) is 65.1 Å². The van der Waals surface area contributed by atoms with E-state index in [1.54, 1.807) is 20.0 Å². The first-order chi connectivity index (χ1) is 16.7. The standard InChI is InChI=1S/C26H35FN6O2/c1-15(2)24(31-25(34)16(3)28-5)26(35)33-11-6-7-21(33)20-14-23(30-17(4)29-20)32-12-10-18-8-9-19(27)13-22(18)32/h8-9,13-16,21,24,28H,6-7,10-12H2,1-5H3,(H,31,34)/t16?,21?,24-/m0/s1. The number of amides is 2. The second kappa shape index (κ2) is 10.3. The summed E-state index contributed by atoms with van der Waals surface area (Å²) in [4.78, 5) is 39.4. The van der Waals surface area contributed by atoms with Crippen LogP contribution >= 0.6 is 0 Å². The zero-order valence-electron chi connectivity index (χ0n) is 21.1. The Bertz CT molecular complexity index is 1110. The van der Waals surface area contributed by atoms with E-state index in [0.717, 1.165) is 36.2 Å². The molecule has 3 heterocycles. The van der Waals surface area contributed by atoms with Gasteiger partial charge >= 0.3 is 0 Å². The van der Waals surface area contributed by atoms with Gasteiger partial charge in [-0.25, -0.2) is 14.4 Å². The van der Waals surface area contributed by atoms with Crippen LogP contribution in [0.15, 0.2) is 24.3 Å². The number of hydrogen-bond acceptors (Lipinski definition) is 6. The number of aromatic nitrogens is 2. The highest BCUT2D eigenvalue weighted by atomic mass is 19.1. The van der Waals surface area contributed by atoms with Gasteiger partial charge in [-0.15, -0.1) is 0 Å². The predicted molar refractivity (Wildman–Crippen MR) is 133 cm³/mol. The van der Waals surface area contributed by atoms with E-state index in [1.807, 2.05) is 42.7 Å². The average Bonchev–Trinajstić information content (AvgIpc) is 3.48. The molecule has 9 heteroatoms. The molecule has 2 aliphatic heterocycles. The number of carbonyl (C=O) groups is 2. The van der Waals surface area contributed by atoms with Crippen molar-refractivity contribution in [1.29, 1.82) is 0 Å². The van der Waals surface area contributed by atoms with Gasteiger partial charge in [-0.05, 0) is 63.8 Å². The van der Waals surface area contributed by atoms with E-state index in [9.17, 15) is 14.0 Å². The molecule has 3 atom stereocenters. The number of fused-ring (bicyclic) bond motifs is 1. The van der Waals surface area contributed by atoms with Crippen LogP contribution in [0, 0.1) is 18.7 Å². The van der Waals surface area contributed by atoms with Crippen LogP contribution in [0.4, 0.5) is 15.9 Å². The summed E-state index contributed by atoms with van der Waals surface area (Å²) in [6, 6.07) is 5.59. The van der Waals surface area contributed by atoms with Gasteiger partial charge < -0.3 is 20.4 Å². The quantitative estimate of drug-likeness (QED) is 0.631. The van der Waals surface area contributed by atoms with Gasteiger partial charge in [0.15, 0.2) is 0 Å². The molecule has 2 N–H and O–H groups in total. The molecule has 0 radical (unpaired) electrons. The number of rotatable bonds is 7. The second-order valence-corrected chi connectivity index (χ2v) is 9.80. The average molecular weight is 483 g/mol. The van der Waals surface area contributed by atoms with Gasteiger partial charge in [-0.2, -0.15) is 0 Å². The van der Waals surface area contributed by atoms with Crippen LogP contribution < -0.4 is 15.5 Å². The van der Waals surface area contributed by atoms with Crippen molar-refractivity contribution in [3.8, 4) is 0 Å². The molecule has 1 aromatic heterocycles.